The zero-order chi connectivity index (χ0) is 11.6. The van der Waals surface area contributed by atoms with Gasteiger partial charge in [-0.1, -0.05) is 18.2 Å². The second-order valence-electron chi connectivity index (χ2n) is 4.80. The summed E-state index contributed by atoms with van der Waals surface area (Å²) < 4.78 is 0. The van der Waals surface area contributed by atoms with Crippen LogP contribution in [0.5, 0.6) is 0 Å². The van der Waals surface area contributed by atoms with E-state index in [1.807, 2.05) is 6.07 Å². The normalized spacial score (nSPS) is 12.2. The molecule has 1 aromatic heterocycles. The number of H-pyrrole nitrogens is 1. The number of benzene rings is 1. The number of hydrogen-bond acceptors (Lipinski definition) is 2. The van der Waals surface area contributed by atoms with E-state index >= 15 is 0 Å². The number of hydrogen-bond donors (Lipinski definition) is 3. The van der Waals surface area contributed by atoms with Crippen molar-refractivity contribution >= 4 is 10.9 Å². The molecule has 3 heteroatoms. The molecule has 0 saturated carbocycles. The van der Waals surface area contributed by atoms with Gasteiger partial charge in [-0.25, -0.2) is 0 Å². The van der Waals surface area contributed by atoms with Crippen molar-refractivity contribution in [1.82, 2.24) is 10.3 Å². The summed E-state index contributed by atoms with van der Waals surface area (Å²) in [5.74, 6) is 0. The molecule has 0 atom stereocenters. The lowest BCUT2D eigenvalue weighted by molar-refractivity contribution is 0.397. The van der Waals surface area contributed by atoms with Crippen LogP contribution in [-0.4, -0.2) is 17.1 Å². The van der Waals surface area contributed by atoms with Gasteiger partial charge in [0.2, 0.25) is 0 Å². The second kappa shape index (κ2) is 4.28. The van der Waals surface area contributed by atoms with Crippen LogP contribution in [0, 0.1) is 0 Å². The first-order chi connectivity index (χ1) is 7.62. The maximum Gasteiger partial charge on any atom is 0.0457 e. The lowest BCUT2D eigenvalue weighted by Crippen LogP contribution is -2.45. The first kappa shape index (κ1) is 11.2. The van der Waals surface area contributed by atoms with Gasteiger partial charge in [-0.15, -0.1) is 0 Å². The molecule has 2 aromatic rings. The highest BCUT2D eigenvalue weighted by atomic mass is 15.0. The van der Waals surface area contributed by atoms with E-state index in [0.717, 1.165) is 6.54 Å². The molecular weight excluding hydrogens is 198 g/mol. The molecule has 0 amide bonds. The zero-order valence-electron chi connectivity index (χ0n) is 9.88. The number of para-hydroxylation sites is 1. The van der Waals surface area contributed by atoms with Gasteiger partial charge < -0.3 is 16.0 Å². The van der Waals surface area contributed by atoms with Crippen LogP contribution in [0.4, 0.5) is 0 Å². The minimum absolute atomic E-state index is 0.0155. The van der Waals surface area contributed by atoms with E-state index in [1.165, 1.54) is 16.5 Å². The number of nitrogens with one attached hydrogen (secondary N) is 2. The molecule has 3 nitrogen and oxygen atoms in total. The van der Waals surface area contributed by atoms with Crippen LogP contribution in [0.2, 0.25) is 0 Å². The summed E-state index contributed by atoms with van der Waals surface area (Å²) >= 11 is 0. The number of fused-ring (bicyclic) bond motifs is 1. The average molecular weight is 217 g/mol. The van der Waals surface area contributed by atoms with Crippen molar-refractivity contribution in [1.29, 1.82) is 0 Å². The van der Waals surface area contributed by atoms with Gasteiger partial charge in [-0.05, 0) is 25.5 Å². The molecule has 0 aliphatic heterocycles. The van der Waals surface area contributed by atoms with Gasteiger partial charge in [0.05, 0.1) is 0 Å². The molecule has 4 N–H and O–H groups in total. The number of nitrogens with two attached hydrogens (primary N) is 1. The van der Waals surface area contributed by atoms with E-state index in [4.69, 9.17) is 5.73 Å². The smallest absolute Gasteiger partial charge is 0.0457 e. The summed E-state index contributed by atoms with van der Waals surface area (Å²) in [6.07, 6.45) is 2.06. The minimum atomic E-state index is -0.0155. The van der Waals surface area contributed by atoms with Crippen LogP contribution in [0.1, 0.15) is 19.4 Å². The largest absolute Gasteiger partial charge is 0.361 e. The van der Waals surface area contributed by atoms with Gasteiger partial charge in [0.1, 0.15) is 0 Å². The zero-order valence-corrected chi connectivity index (χ0v) is 9.88. The first-order valence-corrected chi connectivity index (χ1v) is 5.62. The fourth-order valence-electron chi connectivity index (χ4n) is 1.68. The first-order valence-electron chi connectivity index (χ1n) is 5.62. The Hall–Kier alpha value is -1.32. The lowest BCUT2D eigenvalue weighted by atomic mass is 10.1. The highest BCUT2D eigenvalue weighted by Gasteiger charge is 2.14. The SMILES string of the molecule is CC(C)(CN)NCc1c[nH]c2ccccc12. The molecule has 0 radical (unpaired) electrons. The van der Waals surface area contributed by atoms with Crippen LogP contribution >= 0.6 is 0 Å². The van der Waals surface area contributed by atoms with E-state index < -0.39 is 0 Å². The summed E-state index contributed by atoms with van der Waals surface area (Å²) in [7, 11) is 0. The Kier molecular flexibility index (Phi) is 2.99. The highest BCUT2D eigenvalue weighted by molar-refractivity contribution is 5.82. The molecule has 86 valence electrons. The number of aromatic nitrogens is 1. The Morgan fingerprint density at radius 1 is 1.31 bits per heavy atom. The molecule has 0 spiro atoms. The quantitative estimate of drug-likeness (QED) is 0.733. The third-order valence-corrected chi connectivity index (χ3v) is 2.94. The maximum absolute atomic E-state index is 5.69. The Morgan fingerprint density at radius 2 is 2.06 bits per heavy atom. The molecule has 0 unspecified atom stereocenters. The standard InChI is InChI=1S/C13H19N3/c1-13(2,9-14)16-8-10-7-15-12-6-4-3-5-11(10)12/h3-7,15-16H,8-9,14H2,1-2H3. The van der Waals surface area contributed by atoms with E-state index in [9.17, 15) is 0 Å². The molecule has 0 aliphatic carbocycles. The van der Waals surface area contributed by atoms with Crippen LogP contribution in [-0.2, 0) is 6.54 Å². The molecular formula is C13H19N3. The van der Waals surface area contributed by atoms with E-state index in [1.54, 1.807) is 0 Å². The molecule has 16 heavy (non-hydrogen) atoms. The molecule has 1 heterocycles. The fraction of sp³-hybridized carbons (Fsp3) is 0.385. The van der Waals surface area contributed by atoms with Crippen molar-refractivity contribution in [2.45, 2.75) is 25.9 Å². The summed E-state index contributed by atoms with van der Waals surface area (Å²) in [6.45, 7) is 5.70. The van der Waals surface area contributed by atoms with Crippen LogP contribution in [0.3, 0.4) is 0 Å². The molecule has 0 saturated heterocycles. The summed E-state index contributed by atoms with van der Waals surface area (Å²) in [6, 6.07) is 8.33. The van der Waals surface area contributed by atoms with Crippen LogP contribution in [0.25, 0.3) is 10.9 Å². The van der Waals surface area contributed by atoms with Gasteiger partial charge in [0, 0.05) is 35.7 Å². The molecule has 0 fully saturated rings. The Balaban J connectivity index is 2.16. The summed E-state index contributed by atoms with van der Waals surface area (Å²) in [5, 5.41) is 4.74. The molecule has 2 rings (SSSR count). The lowest BCUT2D eigenvalue weighted by Gasteiger charge is -2.24. The predicted octanol–water partition coefficient (Wildman–Crippen LogP) is 1.99. The second-order valence-corrected chi connectivity index (χ2v) is 4.80. The van der Waals surface area contributed by atoms with Crippen molar-refractivity contribution in [2.75, 3.05) is 6.54 Å². The highest BCUT2D eigenvalue weighted by Crippen LogP contribution is 2.17. The molecule has 1 aromatic carbocycles. The topological polar surface area (TPSA) is 53.8 Å². The predicted molar refractivity (Wildman–Crippen MR) is 68.3 cm³/mol. The van der Waals surface area contributed by atoms with Crippen LogP contribution in [0.15, 0.2) is 30.5 Å². The summed E-state index contributed by atoms with van der Waals surface area (Å²) in [5.41, 5.74) is 8.15. The molecule has 0 aliphatic rings. The Bertz CT molecular complexity index is 471. The fourth-order valence-corrected chi connectivity index (χ4v) is 1.68. The van der Waals surface area contributed by atoms with Gasteiger partial charge in [-0.2, -0.15) is 0 Å². The van der Waals surface area contributed by atoms with Gasteiger partial charge >= 0.3 is 0 Å². The van der Waals surface area contributed by atoms with Crippen molar-refractivity contribution in [2.24, 2.45) is 5.73 Å². The average Bonchev–Trinajstić information content (AvgIpc) is 2.70. The van der Waals surface area contributed by atoms with Crippen molar-refractivity contribution in [3.63, 3.8) is 0 Å². The van der Waals surface area contributed by atoms with Gasteiger partial charge in [-0.3, -0.25) is 0 Å². The van der Waals surface area contributed by atoms with Crippen LogP contribution < -0.4 is 11.1 Å². The third kappa shape index (κ3) is 2.26. The number of rotatable bonds is 4. The monoisotopic (exact) mass is 217 g/mol. The third-order valence-electron chi connectivity index (χ3n) is 2.94. The van der Waals surface area contributed by atoms with Crippen molar-refractivity contribution < 1.29 is 0 Å². The van der Waals surface area contributed by atoms with Gasteiger partial charge in [0.25, 0.3) is 0 Å². The van der Waals surface area contributed by atoms with Crippen molar-refractivity contribution in [3.8, 4) is 0 Å². The Labute approximate surface area is 96.0 Å². The van der Waals surface area contributed by atoms with Crippen molar-refractivity contribution in [3.05, 3.63) is 36.0 Å². The maximum atomic E-state index is 5.69. The minimum Gasteiger partial charge on any atom is -0.361 e. The van der Waals surface area contributed by atoms with E-state index in [0.29, 0.717) is 6.54 Å². The number of aromatic amines is 1. The van der Waals surface area contributed by atoms with E-state index in [2.05, 4.69) is 48.5 Å². The van der Waals surface area contributed by atoms with E-state index in [-0.39, 0.29) is 5.54 Å². The Morgan fingerprint density at radius 3 is 2.81 bits per heavy atom. The molecule has 0 bridgehead atoms. The van der Waals surface area contributed by atoms with Gasteiger partial charge in [0.15, 0.2) is 0 Å². The summed E-state index contributed by atoms with van der Waals surface area (Å²) in [4.78, 5) is 3.27.